The maximum atomic E-state index is 3.72. The first-order chi connectivity index (χ1) is 8.45. The second kappa shape index (κ2) is 5.32. The summed E-state index contributed by atoms with van der Waals surface area (Å²) in [4.78, 5) is 2.66. The lowest BCUT2D eigenvalue weighted by Crippen LogP contribution is -2.67. The summed E-state index contributed by atoms with van der Waals surface area (Å²) in [6.07, 6.45) is 2.37. The SMILES string of the molecule is CCC1(C)CN(CCc2ccsc2)C(C)(C)CN1. The number of nitrogens with zero attached hydrogens (tertiary/aromatic N) is 1. The molecular weight excluding hydrogens is 240 g/mol. The molecule has 1 unspecified atom stereocenters. The number of thiophene rings is 1. The van der Waals surface area contributed by atoms with Gasteiger partial charge in [-0.15, -0.1) is 0 Å². The van der Waals surface area contributed by atoms with Gasteiger partial charge in [-0.25, -0.2) is 0 Å². The standard InChI is InChI=1S/C15H26N2S/c1-5-15(4)12-17(14(2,3)11-16-15)8-6-13-7-9-18-10-13/h7,9-10,16H,5-6,8,11-12H2,1-4H3. The highest BCUT2D eigenvalue weighted by Crippen LogP contribution is 2.25. The van der Waals surface area contributed by atoms with E-state index in [1.165, 1.54) is 24.9 Å². The van der Waals surface area contributed by atoms with Crippen molar-refractivity contribution in [2.24, 2.45) is 0 Å². The van der Waals surface area contributed by atoms with Crippen LogP contribution in [-0.2, 0) is 6.42 Å². The predicted molar refractivity (Wildman–Crippen MR) is 80.4 cm³/mol. The average Bonchev–Trinajstić information content (AvgIpc) is 2.84. The van der Waals surface area contributed by atoms with E-state index in [1.807, 2.05) is 0 Å². The summed E-state index contributed by atoms with van der Waals surface area (Å²) < 4.78 is 0. The van der Waals surface area contributed by atoms with Crippen molar-refractivity contribution in [1.82, 2.24) is 10.2 Å². The molecule has 2 rings (SSSR count). The third-order valence-electron chi connectivity index (χ3n) is 4.37. The minimum Gasteiger partial charge on any atom is -0.308 e. The normalized spacial score (nSPS) is 28.4. The van der Waals surface area contributed by atoms with Gasteiger partial charge < -0.3 is 5.32 Å². The molecule has 0 spiro atoms. The van der Waals surface area contributed by atoms with Crippen LogP contribution in [0, 0.1) is 0 Å². The largest absolute Gasteiger partial charge is 0.308 e. The summed E-state index contributed by atoms with van der Waals surface area (Å²) in [6, 6.07) is 2.25. The molecule has 0 amide bonds. The lowest BCUT2D eigenvalue weighted by atomic mass is 9.88. The van der Waals surface area contributed by atoms with Gasteiger partial charge in [-0.1, -0.05) is 6.92 Å². The van der Waals surface area contributed by atoms with Crippen LogP contribution in [0.4, 0.5) is 0 Å². The lowest BCUT2D eigenvalue weighted by molar-refractivity contribution is 0.0323. The molecular formula is C15H26N2S. The fourth-order valence-electron chi connectivity index (χ4n) is 2.55. The minimum atomic E-state index is 0.269. The Morgan fingerprint density at radius 1 is 1.39 bits per heavy atom. The first-order valence-corrected chi connectivity index (χ1v) is 7.91. The maximum Gasteiger partial charge on any atom is 0.0278 e. The third-order valence-corrected chi connectivity index (χ3v) is 5.11. The Labute approximate surface area is 115 Å². The summed E-state index contributed by atoms with van der Waals surface area (Å²) >= 11 is 1.80. The first kappa shape index (κ1) is 14.0. The van der Waals surface area contributed by atoms with E-state index >= 15 is 0 Å². The van der Waals surface area contributed by atoms with Crippen molar-refractivity contribution in [3.05, 3.63) is 22.4 Å². The Kier molecular flexibility index (Phi) is 4.15. The van der Waals surface area contributed by atoms with Gasteiger partial charge in [-0.2, -0.15) is 11.3 Å². The van der Waals surface area contributed by atoms with E-state index in [-0.39, 0.29) is 11.1 Å². The molecule has 1 atom stereocenters. The molecule has 0 aromatic carbocycles. The van der Waals surface area contributed by atoms with E-state index < -0.39 is 0 Å². The van der Waals surface area contributed by atoms with Gasteiger partial charge in [-0.05, 0) is 56.0 Å². The van der Waals surface area contributed by atoms with Gasteiger partial charge in [0.1, 0.15) is 0 Å². The first-order valence-electron chi connectivity index (χ1n) is 6.96. The molecule has 2 nitrogen and oxygen atoms in total. The molecule has 0 radical (unpaired) electrons. The quantitative estimate of drug-likeness (QED) is 0.900. The molecule has 0 saturated carbocycles. The fourth-order valence-corrected chi connectivity index (χ4v) is 3.25. The van der Waals surface area contributed by atoms with Crippen LogP contribution in [-0.4, -0.2) is 35.6 Å². The lowest BCUT2D eigenvalue weighted by Gasteiger charge is -2.50. The van der Waals surface area contributed by atoms with Gasteiger partial charge >= 0.3 is 0 Å². The molecule has 1 N–H and O–H groups in total. The molecule has 0 aliphatic carbocycles. The second-order valence-electron chi connectivity index (χ2n) is 6.38. The molecule has 1 aromatic heterocycles. The molecule has 1 aliphatic rings. The molecule has 1 aliphatic heterocycles. The zero-order valence-electron chi connectivity index (χ0n) is 12.1. The van der Waals surface area contributed by atoms with Gasteiger partial charge in [0, 0.05) is 30.7 Å². The van der Waals surface area contributed by atoms with Crippen LogP contribution in [0.1, 0.15) is 39.7 Å². The maximum absolute atomic E-state index is 3.72. The Hall–Kier alpha value is -0.380. The molecule has 1 saturated heterocycles. The topological polar surface area (TPSA) is 15.3 Å². The van der Waals surface area contributed by atoms with E-state index in [4.69, 9.17) is 0 Å². The Bertz CT molecular complexity index is 372. The highest BCUT2D eigenvalue weighted by atomic mass is 32.1. The highest BCUT2D eigenvalue weighted by Gasteiger charge is 2.38. The van der Waals surface area contributed by atoms with Crippen LogP contribution in [0.2, 0.25) is 0 Å². The van der Waals surface area contributed by atoms with Crippen LogP contribution in [0.5, 0.6) is 0 Å². The van der Waals surface area contributed by atoms with E-state index in [2.05, 4.69) is 54.7 Å². The van der Waals surface area contributed by atoms with Crippen molar-refractivity contribution in [2.75, 3.05) is 19.6 Å². The highest BCUT2D eigenvalue weighted by molar-refractivity contribution is 7.07. The molecule has 2 heterocycles. The monoisotopic (exact) mass is 266 g/mol. The van der Waals surface area contributed by atoms with Crippen molar-refractivity contribution >= 4 is 11.3 Å². The zero-order valence-corrected chi connectivity index (χ0v) is 12.9. The van der Waals surface area contributed by atoms with Crippen LogP contribution < -0.4 is 5.32 Å². The fraction of sp³-hybridized carbons (Fsp3) is 0.733. The third kappa shape index (κ3) is 3.14. The van der Waals surface area contributed by atoms with Crippen LogP contribution in [0.15, 0.2) is 16.8 Å². The molecule has 102 valence electrons. The molecule has 0 bridgehead atoms. The van der Waals surface area contributed by atoms with Crippen molar-refractivity contribution in [1.29, 1.82) is 0 Å². The summed E-state index contributed by atoms with van der Waals surface area (Å²) in [5.41, 5.74) is 2.03. The van der Waals surface area contributed by atoms with Crippen molar-refractivity contribution in [3.8, 4) is 0 Å². The molecule has 1 aromatic rings. The van der Waals surface area contributed by atoms with Crippen molar-refractivity contribution < 1.29 is 0 Å². The second-order valence-corrected chi connectivity index (χ2v) is 7.16. The van der Waals surface area contributed by atoms with E-state index in [9.17, 15) is 0 Å². The molecule has 18 heavy (non-hydrogen) atoms. The summed E-state index contributed by atoms with van der Waals surface area (Å²) in [5.74, 6) is 0. The average molecular weight is 266 g/mol. The van der Waals surface area contributed by atoms with E-state index in [1.54, 1.807) is 11.3 Å². The summed E-state index contributed by atoms with van der Waals surface area (Å²) in [7, 11) is 0. The van der Waals surface area contributed by atoms with Gasteiger partial charge in [0.05, 0.1) is 0 Å². The number of rotatable bonds is 4. The number of hydrogen-bond acceptors (Lipinski definition) is 3. The Balaban J connectivity index is 1.99. The molecule has 1 fully saturated rings. The van der Waals surface area contributed by atoms with Gasteiger partial charge in [0.15, 0.2) is 0 Å². The van der Waals surface area contributed by atoms with Gasteiger partial charge in [0.2, 0.25) is 0 Å². The Morgan fingerprint density at radius 3 is 2.78 bits per heavy atom. The van der Waals surface area contributed by atoms with E-state index in [0.29, 0.717) is 0 Å². The zero-order chi connectivity index (χ0) is 13.2. The van der Waals surface area contributed by atoms with Crippen molar-refractivity contribution in [3.63, 3.8) is 0 Å². The Morgan fingerprint density at radius 2 is 2.17 bits per heavy atom. The van der Waals surface area contributed by atoms with Gasteiger partial charge in [0.25, 0.3) is 0 Å². The van der Waals surface area contributed by atoms with Gasteiger partial charge in [-0.3, -0.25) is 4.90 Å². The number of nitrogens with one attached hydrogen (secondary N) is 1. The van der Waals surface area contributed by atoms with Crippen LogP contribution in [0.3, 0.4) is 0 Å². The van der Waals surface area contributed by atoms with Crippen molar-refractivity contribution in [2.45, 2.75) is 51.6 Å². The summed E-state index contributed by atoms with van der Waals surface area (Å²) in [5, 5.41) is 8.17. The summed E-state index contributed by atoms with van der Waals surface area (Å²) in [6.45, 7) is 12.7. The van der Waals surface area contributed by atoms with Crippen LogP contribution >= 0.6 is 11.3 Å². The van der Waals surface area contributed by atoms with E-state index in [0.717, 1.165) is 13.1 Å². The van der Waals surface area contributed by atoms with Crippen LogP contribution in [0.25, 0.3) is 0 Å². The molecule has 3 heteroatoms. The number of hydrogen-bond donors (Lipinski definition) is 1. The predicted octanol–water partition coefficient (Wildman–Crippen LogP) is 3.14. The number of piperazine rings is 1. The minimum absolute atomic E-state index is 0.269. The smallest absolute Gasteiger partial charge is 0.0278 e.